The van der Waals surface area contributed by atoms with Gasteiger partial charge in [0.05, 0.1) is 6.61 Å². The third kappa shape index (κ3) is 6.09. The molecule has 0 aliphatic carbocycles. The molecule has 0 aromatic rings. The lowest BCUT2D eigenvalue weighted by atomic mass is 10.6. The normalized spacial score (nSPS) is 12.8. The molecule has 5 nitrogen and oxygen atoms in total. The summed E-state index contributed by atoms with van der Waals surface area (Å²) in [6.45, 7) is 2.27. The number of aliphatic carboxylic acids is 1. The van der Waals surface area contributed by atoms with Crippen LogP contribution in [0.1, 0.15) is 6.92 Å². The number of carboxylic acid groups (broad SMARTS) is 1. The molecule has 72 valence electrons. The van der Waals surface area contributed by atoms with E-state index >= 15 is 0 Å². The van der Waals surface area contributed by atoms with Crippen molar-refractivity contribution in [3.63, 3.8) is 0 Å². The summed E-state index contributed by atoms with van der Waals surface area (Å²) in [5.74, 6) is -1.02. The minimum atomic E-state index is -1.02. The first-order valence-corrected chi connectivity index (χ1v) is 3.64. The van der Waals surface area contributed by atoms with Crippen LogP contribution in [-0.2, 0) is 19.0 Å². The molecular formula is C7H14O5. The van der Waals surface area contributed by atoms with Crippen molar-refractivity contribution >= 4 is 5.97 Å². The van der Waals surface area contributed by atoms with Crippen LogP contribution in [0.5, 0.6) is 0 Å². The molecule has 0 heterocycles. The van der Waals surface area contributed by atoms with Crippen molar-refractivity contribution in [3.05, 3.63) is 0 Å². The summed E-state index contributed by atoms with van der Waals surface area (Å²) in [6.07, 6.45) is -0.596. The Morgan fingerprint density at radius 3 is 2.67 bits per heavy atom. The lowest BCUT2D eigenvalue weighted by molar-refractivity contribution is -0.174. The average molecular weight is 178 g/mol. The average Bonchev–Trinajstić information content (AvgIpc) is 2.05. The van der Waals surface area contributed by atoms with Crippen LogP contribution in [0.15, 0.2) is 0 Å². The third-order valence-corrected chi connectivity index (χ3v) is 1.11. The molecule has 0 fully saturated rings. The summed E-state index contributed by atoms with van der Waals surface area (Å²) in [7, 11) is 1.44. The topological polar surface area (TPSA) is 65.0 Å². The fraction of sp³-hybridized carbons (Fsp3) is 0.857. The lowest BCUT2D eigenvalue weighted by Crippen LogP contribution is -2.25. The zero-order chi connectivity index (χ0) is 9.40. The molecule has 0 bridgehead atoms. The predicted octanol–water partition coefficient (Wildman–Crippen LogP) is 0.0966. The molecule has 0 aromatic carbocycles. The first-order chi connectivity index (χ1) is 5.70. The highest BCUT2D eigenvalue weighted by Gasteiger charge is 2.08. The standard InChI is InChI=1S/C7H14O5/c1-3-11-5-7(10-2)12-4-6(8)9/h7H,3-5H2,1-2H3,(H,8,9). The zero-order valence-corrected chi connectivity index (χ0v) is 7.28. The van der Waals surface area contributed by atoms with E-state index in [9.17, 15) is 4.79 Å². The lowest BCUT2D eigenvalue weighted by Gasteiger charge is -2.14. The Hall–Kier alpha value is -0.650. The second kappa shape index (κ2) is 7.02. The maximum Gasteiger partial charge on any atom is 0.329 e. The van der Waals surface area contributed by atoms with Gasteiger partial charge in [0, 0.05) is 13.7 Å². The van der Waals surface area contributed by atoms with Crippen molar-refractivity contribution in [2.75, 3.05) is 26.9 Å². The fourth-order valence-electron chi connectivity index (χ4n) is 0.563. The summed E-state index contributed by atoms with van der Waals surface area (Å²) >= 11 is 0. The number of hydrogen-bond donors (Lipinski definition) is 1. The van der Waals surface area contributed by atoms with Gasteiger partial charge < -0.3 is 19.3 Å². The van der Waals surface area contributed by atoms with Crippen LogP contribution in [0.3, 0.4) is 0 Å². The SMILES string of the molecule is CCOCC(OC)OCC(=O)O. The first kappa shape index (κ1) is 11.4. The number of rotatable bonds is 7. The second-order valence-electron chi connectivity index (χ2n) is 2.03. The van der Waals surface area contributed by atoms with E-state index in [1.807, 2.05) is 6.92 Å². The molecule has 0 aliphatic rings. The maximum absolute atomic E-state index is 10.1. The first-order valence-electron chi connectivity index (χ1n) is 3.64. The Labute approximate surface area is 71.2 Å². The van der Waals surface area contributed by atoms with Crippen molar-refractivity contribution in [1.29, 1.82) is 0 Å². The summed E-state index contributed by atoms with van der Waals surface area (Å²) in [4.78, 5) is 10.1. The van der Waals surface area contributed by atoms with E-state index in [0.717, 1.165) is 0 Å². The van der Waals surface area contributed by atoms with Crippen LogP contribution in [0.4, 0.5) is 0 Å². The molecule has 0 aliphatic heterocycles. The van der Waals surface area contributed by atoms with Crippen molar-refractivity contribution < 1.29 is 24.1 Å². The Morgan fingerprint density at radius 2 is 2.25 bits per heavy atom. The summed E-state index contributed by atoms with van der Waals surface area (Å²) in [5.41, 5.74) is 0. The zero-order valence-electron chi connectivity index (χ0n) is 7.28. The van der Waals surface area contributed by atoms with Gasteiger partial charge in [0.2, 0.25) is 0 Å². The van der Waals surface area contributed by atoms with Crippen LogP contribution in [0, 0.1) is 0 Å². The molecule has 12 heavy (non-hydrogen) atoms. The molecule has 0 amide bonds. The summed E-state index contributed by atoms with van der Waals surface area (Å²) in [5, 5.41) is 8.26. The summed E-state index contributed by atoms with van der Waals surface area (Å²) in [6, 6.07) is 0. The minimum absolute atomic E-state index is 0.250. The smallest absolute Gasteiger partial charge is 0.329 e. The Balaban J connectivity index is 3.45. The van der Waals surface area contributed by atoms with Crippen LogP contribution in [0.2, 0.25) is 0 Å². The molecular weight excluding hydrogens is 164 g/mol. The highest BCUT2D eigenvalue weighted by molar-refractivity contribution is 5.67. The van der Waals surface area contributed by atoms with Gasteiger partial charge in [-0.1, -0.05) is 0 Å². The van der Waals surface area contributed by atoms with E-state index in [0.29, 0.717) is 6.61 Å². The van der Waals surface area contributed by atoms with Gasteiger partial charge in [-0.3, -0.25) is 0 Å². The Kier molecular flexibility index (Phi) is 6.64. The largest absolute Gasteiger partial charge is 0.480 e. The molecule has 0 aromatic heterocycles. The van der Waals surface area contributed by atoms with Gasteiger partial charge in [0.25, 0.3) is 0 Å². The van der Waals surface area contributed by atoms with Crippen LogP contribution in [0.25, 0.3) is 0 Å². The second-order valence-corrected chi connectivity index (χ2v) is 2.03. The quantitative estimate of drug-likeness (QED) is 0.560. The fourth-order valence-corrected chi connectivity index (χ4v) is 0.563. The molecule has 0 saturated carbocycles. The Bertz CT molecular complexity index is 125. The van der Waals surface area contributed by atoms with E-state index in [-0.39, 0.29) is 13.2 Å². The van der Waals surface area contributed by atoms with E-state index in [4.69, 9.17) is 19.3 Å². The summed E-state index contributed by atoms with van der Waals surface area (Å²) < 4.78 is 14.6. The highest BCUT2D eigenvalue weighted by Crippen LogP contribution is 1.93. The molecule has 1 atom stereocenters. The molecule has 0 saturated heterocycles. The van der Waals surface area contributed by atoms with Crippen molar-refractivity contribution in [3.8, 4) is 0 Å². The minimum Gasteiger partial charge on any atom is -0.480 e. The van der Waals surface area contributed by atoms with Crippen LogP contribution >= 0.6 is 0 Å². The van der Waals surface area contributed by atoms with Gasteiger partial charge in [-0.25, -0.2) is 4.79 Å². The predicted molar refractivity (Wildman–Crippen MR) is 40.9 cm³/mol. The van der Waals surface area contributed by atoms with Gasteiger partial charge in [0.15, 0.2) is 6.29 Å². The molecule has 1 N–H and O–H groups in total. The van der Waals surface area contributed by atoms with Crippen LogP contribution in [-0.4, -0.2) is 44.3 Å². The van der Waals surface area contributed by atoms with Crippen molar-refractivity contribution in [2.45, 2.75) is 13.2 Å². The van der Waals surface area contributed by atoms with Gasteiger partial charge >= 0.3 is 5.97 Å². The van der Waals surface area contributed by atoms with E-state index < -0.39 is 12.3 Å². The van der Waals surface area contributed by atoms with Crippen LogP contribution < -0.4 is 0 Å². The van der Waals surface area contributed by atoms with Crippen molar-refractivity contribution in [2.24, 2.45) is 0 Å². The Morgan fingerprint density at radius 1 is 1.58 bits per heavy atom. The molecule has 5 heteroatoms. The van der Waals surface area contributed by atoms with Crippen molar-refractivity contribution in [1.82, 2.24) is 0 Å². The van der Waals surface area contributed by atoms with E-state index in [2.05, 4.69) is 0 Å². The maximum atomic E-state index is 10.1. The number of carboxylic acids is 1. The monoisotopic (exact) mass is 178 g/mol. The number of methoxy groups -OCH3 is 1. The molecule has 0 radical (unpaired) electrons. The highest BCUT2D eigenvalue weighted by atomic mass is 16.7. The number of carbonyl (C=O) groups is 1. The van der Waals surface area contributed by atoms with E-state index in [1.165, 1.54) is 7.11 Å². The van der Waals surface area contributed by atoms with E-state index in [1.54, 1.807) is 0 Å². The van der Waals surface area contributed by atoms with Gasteiger partial charge in [0.1, 0.15) is 6.61 Å². The number of ether oxygens (including phenoxy) is 3. The molecule has 1 unspecified atom stereocenters. The van der Waals surface area contributed by atoms with Gasteiger partial charge in [-0.2, -0.15) is 0 Å². The van der Waals surface area contributed by atoms with Gasteiger partial charge in [-0.15, -0.1) is 0 Å². The molecule has 0 rings (SSSR count). The molecule has 0 spiro atoms. The third-order valence-electron chi connectivity index (χ3n) is 1.11. The number of hydrogen-bond acceptors (Lipinski definition) is 4. The van der Waals surface area contributed by atoms with Gasteiger partial charge in [-0.05, 0) is 6.92 Å².